The van der Waals surface area contributed by atoms with Crippen molar-refractivity contribution in [3.8, 4) is 0 Å². The van der Waals surface area contributed by atoms with Gasteiger partial charge in [0.25, 0.3) is 11.8 Å². The molecule has 11 heteroatoms. The Morgan fingerprint density at radius 1 is 0.854 bits per heavy atom. The van der Waals surface area contributed by atoms with Gasteiger partial charge in [-0.3, -0.25) is 14.4 Å². The minimum Gasteiger partial charge on any atom is -0.321 e. The maximum absolute atomic E-state index is 13.4. The first-order valence-electron chi connectivity index (χ1n) is 12.2. The van der Waals surface area contributed by atoms with E-state index in [0.717, 1.165) is 4.90 Å². The summed E-state index contributed by atoms with van der Waals surface area (Å²) in [5.41, 5.74) is 1.32. The molecule has 7 nitrogen and oxygen atoms in total. The molecule has 41 heavy (non-hydrogen) atoms. The highest BCUT2D eigenvalue weighted by Crippen LogP contribution is 2.27. The third-order valence-electron chi connectivity index (χ3n) is 5.54. The zero-order valence-electron chi connectivity index (χ0n) is 21.5. The third kappa shape index (κ3) is 8.83. The summed E-state index contributed by atoms with van der Waals surface area (Å²) in [6, 6.07) is 23.6. The molecule has 1 heterocycles. The Kier molecular flexibility index (Phi) is 10.4. The lowest BCUT2D eigenvalue weighted by Crippen LogP contribution is -2.30. The van der Waals surface area contributed by atoms with Crippen LogP contribution >= 0.6 is 46.6 Å². The smallest absolute Gasteiger partial charge is 0.272 e. The predicted molar refractivity (Wildman–Crippen MR) is 167 cm³/mol. The summed E-state index contributed by atoms with van der Waals surface area (Å²) in [5.74, 6) is -0.878. The van der Waals surface area contributed by atoms with Gasteiger partial charge in [0, 0.05) is 32.4 Å². The summed E-state index contributed by atoms with van der Waals surface area (Å²) in [5, 5.41) is 8.99. The fraction of sp³-hybridized carbons (Fsp3) is 0.0667. The van der Waals surface area contributed by atoms with Gasteiger partial charge >= 0.3 is 0 Å². The van der Waals surface area contributed by atoms with Gasteiger partial charge in [-0.15, -0.1) is 11.8 Å². The van der Waals surface area contributed by atoms with Crippen molar-refractivity contribution >= 4 is 81.9 Å². The molecule has 0 aliphatic carbocycles. The van der Waals surface area contributed by atoms with Gasteiger partial charge in [0.15, 0.2) is 0 Å². The number of amides is 3. The number of rotatable bonds is 9. The maximum Gasteiger partial charge on any atom is 0.272 e. The van der Waals surface area contributed by atoms with Crippen molar-refractivity contribution in [2.75, 3.05) is 10.6 Å². The van der Waals surface area contributed by atoms with E-state index in [2.05, 4.69) is 20.9 Å². The van der Waals surface area contributed by atoms with E-state index in [-0.39, 0.29) is 11.6 Å². The van der Waals surface area contributed by atoms with Gasteiger partial charge in [-0.25, -0.2) is 4.98 Å². The molecule has 0 aliphatic heterocycles. The molecule has 1 unspecified atom stereocenters. The topological polar surface area (TPSA) is 100 Å². The molecule has 208 valence electrons. The molecule has 0 saturated heterocycles. The second kappa shape index (κ2) is 14.2. The first-order chi connectivity index (χ1) is 19.7. The van der Waals surface area contributed by atoms with Crippen molar-refractivity contribution < 1.29 is 14.4 Å². The van der Waals surface area contributed by atoms with E-state index in [1.54, 1.807) is 85.8 Å². The molecular formula is C30H23Cl3N4O3S. The number of hydrogen-bond acceptors (Lipinski definition) is 5. The number of pyridine rings is 1. The van der Waals surface area contributed by atoms with Crippen molar-refractivity contribution in [1.82, 2.24) is 10.3 Å². The predicted octanol–water partition coefficient (Wildman–Crippen LogP) is 7.57. The molecule has 0 saturated carbocycles. The van der Waals surface area contributed by atoms with Crippen molar-refractivity contribution in [2.45, 2.75) is 17.1 Å². The molecule has 0 radical (unpaired) electrons. The van der Waals surface area contributed by atoms with E-state index in [0.29, 0.717) is 37.7 Å². The highest BCUT2D eigenvalue weighted by Gasteiger charge is 2.18. The van der Waals surface area contributed by atoms with Crippen LogP contribution in [0.15, 0.2) is 102 Å². The van der Waals surface area contributed by atoms with Crippen LogP contribution in [-0.2, 0) is 9.59 Å². The molecule has 3 amide bonds. The lowest BCUT2D eigenvalue weighted by molar-refractivity contribution is -0.115. The normalized spacial score (nSPS) is 11.9. The van der Waals surface area contributed by atoms with Crippen LogP contribution in [0.2, 0.25) is 15.1 Å². The number of thioether (sulfide) groups is 1. The van der Waals surface area contributed by atoms with Gasteiger partial charge in [0.1, 0.15) is 11.5 Å². The van der Waals surface area contributed by atoms with Crippen molar-refractivity contribution in [1.29, 1.82) is 0 Å². The average molecular weight is 626 g/mol. The molecule has 0 aliphatic rings. The minimum atomic E-state index is -0.568. The average Bonchev–Trinajstić information content (AvgIpc) is 2.95. The Balaban J connectivity index is 1.50. The first-order valence-corrected chi connectivity index (χ1v) is 14.2. The van der Waals surface area contributed by atoms with Crippen LogP contribution in [0.4, 0.5) is 11.5 Å². The summed E-state index contributed by atoms with van der Waals surface area (Å²) in [6.07, 6.45) is 2.93. The maximum atomic E-state index is 13.4. The van der Waals surface area contributed by atoms with Gasteiger partial charge in [0.2, 0.25) is 5.91 Å². The molecule has 0 bridgehead atoms. The molecule has 3 N–H and O–H groups in total. The van der Waals surface area contributed by atoms with Crippen LogP contribution in [0, 0.1) is 0 Å². The van der Waals surface area contributed by atoms with Crippen LogP contribution < -0.4 is 16.0 Å². The Morgan fingerprint density at radius 2 is 1.61 bits per heavy atom. The second-order valence-electron chi connectivity index (χ2n) is 8.64. The largest absolute Gasteiger partial charge is 0.321 e. The second-order valence-corrected chi connectivity index (χ2v) is 11.3. The summed E-state index contributed by atoms with van der Waals surface area (Å²) < 4.78 is 0. The van der Waals surface area contributed by atoms with Gasteiger partial charge in [-0.05, 0) is 73.2 Å². The molecule has 0 fully saturated rings. The van der Waals surface area contributed by atoms with E-state index in [9.17, 15) is 14.4 Å². The van der Waals surface area contributed by atoms with Crippen LogP contribution in [0.5, 0.6) is 0 Å². The monoisotopic (exact) mass is 624 g/mol. The Labute approximate surface area is 256 Å². The van der Waals surface area contributed by atoms with Gasteiger partial charge in [0.05, 0.1) is 10.3 Å². The zero-order chi connectivity index (χ0) is 29.4. The summed E-state index contributed by atoms with van der Waals surface area (Å²) in [6.45, 7) is 1.76. The summed E-state index contributed by atoms with van der Waals surface area (Å²) in [4.78, 5) is 43.7. The summed E-state index contributed by atoms with van der Waals surface area (Å²) >= 11 is 19.5. The van der Waals surface area contributed by atoms with Crippen LogP contribution in [0.1, 0.15) is 22.8 Å². The first kappa shape index (κ1) is 30.1. The number of aromatic nitrogens is 1. The van der Waals surface area contributed by atoms with E-state index in [1.807, 2.05) is 6.07 Å². The van der Waals surface area contributed by atoms with Crippen LogP contribution in [-0.4, -0.2) is 28.0 Å². The van der Waals surface area contributed by atoms with Gasteiger partial charge in [-0.1, -0.05) is 65.1 Å². The molecular weight excluding hydrogens is 603 g/mol. The van der Waals surface area contributed by atoms with E-state index in [4.69, 9.17) is 34.8 Å². The van der Waals surface area contributed by atoms with Gasteiger partial charge in [-0.2, -0.15) is 0 Å². The number of nitrogens with zero attached hydrogens (tertiary/aromatic N) is 1. The van der Waals surface area contributed by atoms with Gasteiger partial charge < -0.3 is 16.0 Å². The lowest BCUT2D eigenvalue weighted by Gasteiger charge is -2.14. The quantitative estimate of drug-likeness (QED) is 0.132. The number of nitrogens with one attached hydrogen (secondary N) is 3. The number of anilines is 2. The van der Waals surface area contributed by atoms with Crippen LogP contribution in [0.3, 0.4) is 0 Å². The number of hydrogen-bond donors (Lipinski definition) is 3. The lowest BCUT2D eigenvalue weighted by atomic mass is 10.1. The zero-order valence-corrected chi connectivity index (χ0v) is 24.6. The fourth-order valence-corrected chi connectivity index (χ4v) is 5.00. The van der Waals surface area contributed by atoms with Crippen molar-refractivity contribution in [3.63, 3.8) is 0 Å². The van der Waals surface area contributed by atoms with E-state index < -0.39 is 17.1 Å². The van der Waals surface area contributed by atoms with Crippen LogP contribution in [0.25, 0.3) is 6.08 Å². The molecule has 4 rings (SSSR count). The Hall–Kier alpha value is -3.82. The Morgan fingerprint density at radius 3 is 2.32 bits per heavy atom. The van der Waals surface area contributed by atoms with Crippen molar-refractivity contribution in [3.05, 3.63) is 123 Å². The third-order valence-corrected chi connectivity index (χ3v) is 7.42. The number of carbonyl (C=O) groups excluding carboxylic acids is 3. The molecule has 4 aromatic rings. The highest BCUT2D eigenvalue weighted by atomic mass is 35.5. The molecule has 1 aromatic heterocycles. The molecule has 3 aromatic carbocycles. The molecule has 1 atom stereocenters. The highest BCUT2D eigenvalue weighted by molar-refractivity contribution is 8.00. The molecule has 0 spiro atoms. The number of carbonyl (C=O) groups is 3. The summed E-state index contributed by atoms with van der Waals surface area (Å²) in [7, 11) is 0. The standard InChI is InChI=1S/C30H23Cl3N4O3S/c1-18(28(38)37-27-13-12-22(32)17-34-27)41-24-9-5-8-23(16-24)35-30(40)26(14-20-10-11-21(31)15-25(20)33)36-29(39)19-6-3-2-4-7-19/h2-18H,1H3,(H,35,40)(H,36,39)(H,34,37,38)/b26-14+. The van der Waals surface area contributed by atoms with Crippen molar-refractivity contribution in [2.24, 2.45) is 0 Å². The SMILES string of the molecule is CC(Sc1cccc(NC(=O)/C(=C\c2ccc(Cl)cc2Cl)NC(=O)c2ccccc2)c1)C(=O)Nc1ccc(Cl)cn1. The number of halogens is 3. The fourth-order valence-electron chi connectivity index (χ4n) is 3.50. The van der Waals surface area contributed by atoms with E-state index >= 15 is 0 Å². The number of benzene rings is 3. The van der Waals surface area contributed by atoms with E-state index in [1.165, 1.54) is 24.0 Å². The Bertz CT molecular complexity index is 1600. The minimum absolute atomic E-state index is 0.0238.